The van der Waals surface area contributed by atoms with Gasteiger partial charge in [-0.15, -0.1) is 0 Å². The number of methoxy groups -OCH3 is 1. The average Bonchev–Trinajstić information content (AvgIpc) is 2.73. The minimum atomic E-state index is -0.0777. The van der Waals surface area contributed by atoms with Gasteiger partial charge in [0.25, 0.3) is 0 Å². The number of ether oxygens (including phenoxy) is 2. The van der Waals surface area contributed by atoms with Gasteiger partial charge in [-0.3, -0.25) is 9.59 Å². The second-order valence-electron chi connectivity index (χ2n) is 9.16. The van der Waals surface area contributed by atoms with Crippen LogP contribution in [0.4, 0.5) is 0 Å². The summed E-state index contributed by atoms with van der Waals surface area (Å²) >= 11 is 0. The van der Waals surface area contributed by atoms with Crippen LogP contribution in [-0.4, -0.2) is 25.7 Å². The monoisotopic (exact) mass is 426 g/mol. The van der Waals surface area contributed by atoms with Crippen molar-refractivity contribution in [3.05, 3.63) is 0 Å². The molecule has 0 unspecified atom stereocenters. The van der Waals surface area contributed by atoms with E-state index in [9.17, 15) is 9.59 Å². The molecule has 0 rings (SSSR count). The Balaban J connectivity index is 3.11. The topological polar surface area (TPSA) is 52.6 Å². The molecule has 178 valence electrons. The lowest BCUT2D eigenvalue weighted by molar-refractivity contribution is -0.145. The molecule has 0 bridgehead atoms. The summed E-state index contributed by atoms with van der Waals surface area (Å²) in [7, 11) is 1.46. The highest BCUT2D eigenvalue weighted by atomic mass is 16.5. The molecule has 0 aliphatic carbocycles. The first-order valence-corrected chi connectivity index (χ1v) is 12.8. The normalized spacial score (nSPS) is 11.1. The summed E-state index contributed by atoms with van der Waals surface area (Å²) in [5, 5.41) is 0. The zero-order valence-electron chi connectivity index (χ0n) is 20.4. The van der Waals surface area contributed by atoms with Crippen LogP contribution in [0.2, 0.25) is 0 Å². The van der Waals surface area contributed by atoms with E-state index in [4.69, 9.17) is 4.74 Å². The molecule has 4 nitrogen and oxygen atoms in total. The van der Waals surface area contributed by atoms with Crippen LogP contribution in [0.3, 0.4) is 0 Å². The van der Waals surface area contributed by atoms with Gasteiger partial charge >= 0.3 is 11.9 Å². The van der Waals surface area contributed by atoms with E-state index in [0.29, 0.717) is 25.4 Å². The molecular formula is C26H50O4. The molecule has 0 radical (unpaired) electrons. The van der Waals surface area contributed by atoms with Crippen molar-refractivity contribution in [3.8, 4) is 0 Å². The highest BCUT2D eigenvalue weighted by Gasteiger charge is 2.04. The summed E-state index contributed by atoms with van der Waals surface area (Å²) in [6.07, 6.45) is 22.8. The number of rotatable bonds is 22. The summed E-state index contributed by atoms with van der Waals surface area (Å²) in [6, 6.07) is 0. The maximum Gasteiger partial charge on any atom is 0.305 e. The molecule has 0 aliphatic rings. The number of carbonyl (C=O) groups is 2. The summed E-state index contributed by atoms with van der Waals surface area (Å²) < 4.78 is 9.84. The molecule has 0 saturated heterocycles. The number of carbonyl (C=O) groups excluding carboxylic acids is 2. The summed E-state index contributed by atoms with van der Waals surface area (Å²) in [5.74, 6) is 0.320. The van der Waals surface area contributed by atoms with Crippen LogP contribution in [0.15, 0.2) is 0 Å². The molecular weight excluding hydrogens is 376 g/mol. The third kappa shape index (κ3) is 23.2. The standard InChI is InChI=1S/C26H50O4/c1-24(2)23-30-26(28)22-20-18-16-14-12-10-8-6-4-5-7-9-11-13-15-17-19-21-25(27)29-3/h24H,4-23H2,1-3H3. The van der Waals surface area contributed by atoms with Gasteiger partial charge in [0.05, 0.1) is 13.7 Å². The van der Waals surface area contributed by atoms with Gasteiger partial charge in [-0.2, -0.15) is 0 Å². The van der Waals surface area contributed by atoms with Crippen molar-refractivity contribution in [2.75, 3.05) is 13.7 Å². The van der Waals surface area contributed by atoms with Crippen molar-refractivity contribution in [2.45, 2.75) is 136 Å². The highest BCUT2D eigenvalue weighted by Crippen LogP contribution is 2.14. The predicted octanol–water partition coefficient (Wildman–Crippen LogP) is 7.77. The van der Waals surface area contributed by atoms with Crippen molar-refractivity contribution < 1.29 is 19.1 Å². The molecule has 0 atom stereocenters. The van der Waals surface area contributed by atoms with Crippen molar-refractivity contribution in [1.82, 2.24) is 0 Å². The van der Waals surface area contributed by atoms with Crippen molar-refractivity contribution in [2.24, 2.45) is 5.92 Å². The Morgan fingerprint density at radius 2 is 0.833 bits per heavy atom. The molecule has 0 fully saturated rings. The van der Waals surface area contributed by atoms with Gasteiger partial charge in [0.2, 0.25) is 0 Å². The molecule has 0 saturated carbocycles. The molecule has 0 spiro atoms. The van der Waals surface area contributed by atoms with Crippen LogP contribution in [0.25, 0.3) is 0 Å². The minimum Gasteiger partial charge on any atom is -0.469 e. The third-order valence-electron chi connectivity index (χ3n) is 5.57. The van der Waals surface area contributed by atoms with Crippen molar-refractivity contribution in [3.63, 3.8) is 0 Å². The Bertz CT molecular complexity index is 392. The van der Waals surface area contributed by atoms with Gasteiger partial charge in [0.15, 0.2) is 0 Å². The quantitative estimate of drug-likeness (QED) is 0.131. The fourth-order valence-electron chi connectivity index (χ4n) is 3.62. The predicted molar refractivity (Wildman–Crippen MR) is 126 cm³/mol. The Labute approximate surface area is 186 Å². The number of hydrogen-bond acceptors (Lipinski definition) is 4. The molecule has 0 heterocycles. The molecule has 0 amide bonds. The fourth-order valence-corrected chi connectivity index (χ4v) is 3.62. The zero-order chi connectivity index (χ0) is 22.3. The molecule has 0 aromatic carbocycles. The van der Waals surface area contributed by atoms with Gasteiger partial charge in [-0.1, -0.05) is 110 Å². The van der Waals surface area contributed by atoms with E-state index in [1.54, 1.807) is 0 Å². The van der Waals surface area contributed by atoms with Crippen LogP contribution >= 0.6 is 0 Å². The Morgan fingerprint density at radius 3 is 1.13 bits per heavy atom. The van der Waals surface area contributed by atoms with Crippen LogP contribution < -0.4 is 0 Å². The molecule has 0 N–H and O–H groups in total. The average molecular weight is 427 g/mol. The second-order valence-corrected chi connectivity index (χ2v) is 9.16. The van der Waals surface area contributed by atoms with E-state index >= 15 is 0 Å². The van der Waals surface area contributed by atoms with Crippen LogP contribution in [0.5, 0.6) is 0 Å². The summed E-state index contributed by atoms with van der Waals surface area (Å²) in [6.45, 7) is 4.68. The van der Waals surface area contributed by atoms with Crippen LogP contribution in [-0.2, 0) is 19.1 Å². The van der Waals surface area contributed by atoms with Crippen LogP contribution in [0.1, 0.15) is 136 Å². The maximum absolute atomic E-state index is 11.5. The molecule has 4 heteroatoms. The first-order valence-electron chi connectivity index (χ1n) is 12.8. The van der Waals surface area contributed by atoms with E-state index in [2.05, 4.69) is 18.6 Å². The van der Waals surface area contributed by atoms with Gasteiger partial charge in [-0.25, -0.2) is 0 Å². The first kappa shape index (κ1) is 28.9. The van der Waals surface area contributed by atoms with Crippen molar-refractivity contribution in [1.29, 1.82) is 0 Å². The fraction of sp³-hybridized carbons (Fsp3) is 0.923. The molecule has 0 aromatic rings. The lowest BCUT2D eigenvalue weighted by atomic mass is 10.0. The van der Waals surface area contributed by atoms with E-state index in [1.807, 2.05) is 0 Å². The lowest BCUT2D eigenvalue weighted by Crippen LogP contribution is -2.09. The van der Waals surface area contributed by atoms with E-state index in [-0.39, 0.29) is 11.9 Å². The SMILES string of the molecule is COC(=O)CCCCCCCCCCCCCCCCCCCC(=O)OCC(C)C. The Hall–Kier alpha value is -1.06. The maximum atomic E-state index is 11.5. The summed E-state index contributed by atoms with van der Waals surface area (Å²) in [4.78, 5) is 22.5. The molecule has 0 aromatic heterocycles. The van der Waals surface area contributed by atoms with Gasteiger partial charge in [0, 0.05) is 12.8 Å². The second kappa shape index (κ2) is 22.6. The van der Waals surface area contributed by atoms with Gasteiger partial charge < -0.3 is 9.47 Å². The highest BCUT2D eigenvalue weighted by molar-refractivity contribution is 5.69. The Kier molecular flexibility index (Phi) is 21.8. The van der Waals surface area contributed by atoms with E-state index in [1.165, 1.54) is 90.6 Å². The molecule has 30 heavy (non-hydrogen) atoms. The van der Waals surface area contributed by atoms with E-state index < -0.39 is 0 Å². The largest absolute Gasteiger partial charge is 0.469 e. The molecule has 0 aliphatic heterocycles. The van der Waals surface area contributed by atoms with Gasteiger partial charge in [-0.05, 0) is 18.8 Å². The van der Waals surface area contributed by atoms with Crippen LogP contribution in [0, 0.1) is 5.92 Å². The smallest absolute Gasteiger partial charge is 0.305 e. The minimum absolute atomic E-state index is 0.0284. The first-order chi connectivity index (χ1) is 14.6. The van der Waals surface area contributed by atoms with Gasteiger partial charge in [0.1, 0.15) is 0 Å². The Morgan fingerprint density at radius 1 is 0.533 bits per heavy atom. The summed E-state index contributed by atoms with van der Waals surface area (Å²) in [5.41, 5.74) is 0. The van der Waals surface area contributed by atoms with Crippen molar-refractivity contribution >= 4 is 11.9 Å². The number of hydrogen-bond donors (Lipinski definition) is 0. The van der Waals surface area contributed by atoms with E-state index in [0.717, 1.165) is 25.7 Å². The lowest BCUT2D eigenvalue weighted by Gasteiger charge is -2.07. The zero-order valence-corrected chi connectivity index (χ0v) is 20.4. The number of unbranched alkanes of at least 4 members (excludes halogenated alkanes) is 16. The number of esters is 2. The third-order valence-corrected chi connectivity index (χ3v) is 5.57.